The van der Waals surface area contributed by atoms with Crippen LogP contribution in [0, 0.1) is 0 Å². The van der Waals surface area contributed by atoms with Crippen molar-refractivity contribution in [2.45, 2.75) is 23.2 Å². The number of nitrogens with one attached hydrogen (secondary N) is 1. The number of methoxy groups -OCH3 is 1. The highest BCUT2D eigenvalue weighted by molar-refractivity contribution is 7.91. The van der Waals surface area contributed by atoms with E-state index >= 15 is 0 Å². The van der Waals surface area contributed by atoms with Gasteiger partial charge in [-0.1, -0.05) is 0 Å². The van der Waals surface area contributed by atoms with Crippen molar-refractivity contribution in [2.75, 3.05) is 26.0 Å². The van der Waals surface area contributed by atoms with Crippen LogP contribution in [0.1, 0.15) is 13.3 Å². The number of nitrogens with two attached hydrogens (primary N) is 1. The van der Waals surface area contributed by atoms with Gasteiger partial charge < -0.3 is 15.6 Å². The number of hydrogen-bond acceptors (Lipinski definition) is 6. The van der Waals surface area contributed by atoms with E-state index in [2.05, 4.69) is 4.72 Å². The van der Waals surface area contributed by atoms with Gasteiger partial charge in [-0.15, -0.1) is 11.3 Å². The van der Waals surface area contributed by atoms with E-state index in [1.165, 1.54) is 13.2 Å². The van der Waals surface area contributed by atoms with Crippen LogP contribution in [0.3, 0.4) is 0 Å². The van der Waals surface area contributed by atoms with E-state index in [-0.39, 0.29) is 10.8 Å². The maximum atomic E-state index is 11.9. The number of aliphatic hydroxyl groups is 1. The number of anilines is 1. The van der Waals surface area contributed by atoms with E-state index in [1.54, 1.807) is 12.3 Å². The summed E-state index contributed by atoms with van der Waals surface area (Å²) in [5, 5.41) is 11.5. The van der Waals surface area contributed by atoms with Crippen LogP contribution in [0.4, 0.5) is 5.69 Å². The van der Waals surface area contributed by atoms with Crippen molar-refractivity contribution in [1.29, 1.82) is 0 Å². The first-order chi connectivity index (χ1) is 8.27. The molecule has 4 N–H and O–H groups in total. The molecular formula is C10H18N2O4S2. The quantitative estimate of drug-likeness (QED) is 0.675. The number of thiophene rings is 1. The van der Waals surface area contributed by atoms with E-state index in [0.717, 1.165) is 11.3 Å². The maximum absolute atomic E-state index is 11.9. The van der Waals surface area contributed by atoms with Gasteiger partial charge in [0.25, 0.3) is 0 Å². The summed E-state index contributed by atoms with van der Waals surface area (Å²) < 4.78 is 31.1. The van der Waals surface area contributed by atoms with Crippen LogP contribution in [0.5, 0.6) is 0 Å². The summed E-state index contributed by atoms with van der Waals surface area (Å²) in [4.78, 5) is 0. The molecule has 1 aromatic rings. The first-order valence-corrected chi connectivity index (χ1v) is 7.68. The van der Waals surface area contributed by atoms with Crippen LogP contribution in [0.2, 0.25) is 0 Å². The highest BCUT2D eigenvalue weighted by atomic mass is 32.2. The largest absolute Gasteiger partial charge is 0.398 e. The molecule has 1 rings (SSSR count). The monoisotopic (exact) mass is 294 g/mol. The number of ether oxygens (including phenoxy) is 1. The summed E-state index contributed by atoms with van der Waals surface area (Å²) in [5.41, 5.74) is 4.74. The summed E-state index contributed by atoms with van der Waals surface area (Å²) >= 11 is 1.04. The second kappa shape index (κ2) is 5.98. The lowest BCUT2D eigenvalue weighted by atomic mass is 10.0. The van der Waals surface area contributed by atoms with Crippen LogP contribution in [-0.2, 0) is 14.8 Å². The molecule has 0 saturated carbocycles. The first-order valence-electron chi connectivity index (χ1n) is 5.32. The molecule has 1 atom stereocenters. The number of hydrogen-bond donors (Lipinski definition) is 3. The molecule has 104 valence electrons. The number of nitrogen functional groups attached to an aromatic ring is 1. The van der Waals surface area contributed by atoms with Gasteiger partial charge in [0, 0.05) is 37.7 Å². The minimum Gasteiger partial charge on any atom is -0.398 e. The fourth-order valence-electron chi connectivity index (χ4n) is 1.20. The Morgan fingerprint density at radius 3 is 2.78 bits per heavy atom. The predicted molar refractivity (Wildman–Crippen MR) is 71.0 cm³/mol. The molecule has 1 aromatic heterocycles. The van der Waals surface area contributed by atoms with E-state index in [4.69, 9.17) is 10.5 Å². The van der Waals surface area contributed by atoms with Gasteiger partial charge in [-0.25, -0.2) is 13.1 Å². The fraction of sp³-hybridized carbons (Fsp3) is 0.600. The van der Waals surface area contributed by atoms with Crippen LogP contribution in [-0.4, -0.2) is 39.4 Å². The molecule has 0 aromatic carbocycles. The molecule has 0 aliphatic heterocycles. The Hall–Kier alpha value is -0.670. The molecule has 0 saturated heterocycles. The Labute approximate surface area is 111 Å². The van der Waals surface area contributed by atoms with E-state index in [1.807, 2.05) is 0 Å². The fourth-order valence-corrected chi connectivity index (χ4v) is 3.49. The summed E-state index contributed by atoms with van der Waals surface area (Å²) in [5.74, 6) is 0. The molecule has 0 aliphatic rings. The number of rotatable bonds is 7. The molecule has 0 bridgehead atoms. The Bertz CT molecular complexity index is 482. The van der Waals surface area contributed by atoms with E-state index in [0.29, 0.717) is 18.7 Å². The molecule has 0 fully saturated rings. The SMILES string of the molecule is COCCC(C)(O)CNS(=O)(=O)c1cc(N)cs1. The lowest BCUT2D eigenvalue weighted by Gasteiger charge is -2.22. The van der Waals surface area contributed by atoms with Crippen molar-refractivity contribution in [3.05, 3.63) is 11.4 Å². The highest BCUT2D eigenvalue weighted by Gasteiger charge is 2.24. The van der Waals surface area contributed by atoms with Crippen molar-refractivity contribution >= 4 is 27.0 Å². The van der Waals surface area contributed by atoms with Crippen LogP contribution in [0.25, 0.3) is 0 Å². The third-order valence-corrected chi connectivity index (χ3v) is 5.21. The zero-order valence-electron chi connectivity index (χ0n) is 10.3. The zero-order valence-corrected chi connectivity index (χ0v) is 12.0. The van der Waals surface area contributed by atoms with Gasteiger partial charge in [0.05, 0.1) is 5.60 Å². The zero-order chi connectivity index (χ0) is 13.8. The van der Waals surface area contributed by atoms with Crippen molar-refractivity contribution in [3.8, 4) is 0 Å². The molecule has 0 radical (unpaired) electrons. The van der Waals surface area contributed by atoms with Gasteiger partial charge in [0.15, 0.2) is 0 Å². The van der Waals surface area contributed by atoms with Gasteiger partial charge in [0.1, 0.15) is 4.21 Å². The third-order valence-electron chi connectivity index (χ3n) is 2.35. The van der Waals surface area contributed by atoms with Crippen molar-refractivity contribution in [2.24, 2.45) is 0 Å². The summed E-state index contributed by atoms with van der Waals surface area (Å²) in [6.45, 7) is 1.84. The lowest BCUT2D eigenvalue weighted by molar-refractivity contribution is 0.0292. The summed E-state index contributed by atoms with van der Waals surface area (Å²) in [7, 11) is -2.09. The lowest BCUT2D eigenvalue weighted by Crippen LogP contribution is -2.41. The molecule has 0 amide bonds. The standard InChI is InChI=1S/C10H18N2O4S2/c1-10(13,3-4-16-2)7-12-18(14,15)9-5-8(11)6-17-9/h5-6,12-13H,3-4,7,11H2,1-2H3. The Balaban J connectivity index is 2.62. The van der Waals surface area contributed by atoms with Gasteiger partial charge >= 0.3 is 0 Å². The minimum absolute atomic E-state index is 0.0729. The Kier molecular flexibility index (Phi) is 5.11. The van der Waals surface area contributed by atoms with Crippen molar-refractivity contribution in [1.82, 2.24) is 4.72 Å². The highest BCUT2D eigenvalue weighted by Crippen LogP contribution is 2.21. The van der Waals surface area contributed by atoms with Crippen molar-refractivity contribution < 1.29 is 18.3 Å². The van der Waals surface area contributed by atoms with Crippen LogP contribution >= 0.6 is 11.3 Å². The molecular weight excluding hydrogens is 276 g/mol. The van der Waals surface area contributed by atoms with Crippen LogP contribution in [0.15, 0.2) is 15.7 Å². The van der Waals surface area contributed by atoms with Crippen LogP contribution < -0.4 is 10.5 Å². The van der Waals surface area contributed by atoms with E-state index < -0.39 is 15.6 Å². The van der Waals surface area contributed by atoms with Gasteiger partial charge in [-0.05, 0) is 13.0 Å². The number of sulfonamides is 1. The molecule has 18 heavy (non-hydrogen) atoms. The molecule has 8 heteroatoms. The third kappa shape index (κ3) is 4.54. The minimum atomic E-state index is -3.61. The Morgan fingerprint density at radius 2 is 2.28 bits per heavy atom. The topological polar surface area (TPSA) is 102 Å². The van der Waals surface area contributed by atoms with Gasteiger partial charge in [0.2, 0.25) is 10.0 Å². The molecule has 0 spiro atoms. The molecule has 1 heterocycles. The summed E-state index contributed by atoms with van der Waals surface area (Å²) in [6.07, 6.45) is 0.346. The normalized spacial score (nSPS) is 15.5. The predicted octanol–water partition coefficient (Wildman–Crippen LogP) is 0.396. The Morgan fingerprint density at radius 1 is 1.61 bits per heavy atom. The maximum Gasteiger partial charge on any atom is 0.250 e. The first kappa shape index (κ1) is 15.4. The second-order valence-electron chi connectivity index (χ2n) is 4.26. The average molecular weight is 294 g/mol. The smallest absolute Gasteiger partial charge is 0.250 e. The molecule has 1 unspecified atom stereocenters. The van der Waals surface area contributed by atoms with Crippen molar-refractivity contribution in [3.63, 3.8) is 0 Å². The second-order valence-corrected chi connectivity index (χ2v) is 7.17. The summed E-state index contributed by atoms with van der Waals surface area (Å²) in [6, 6.07) is 1.39. The average Bonchev–Trinajstić information content (AvgIpc) is 2.72. The molecule has 6 nitrogen and oxygen atoms in total. The van der Waals surface area contributed by atoms with Gasteiger partial charge in [-0.3, -0.25) is 0 Å². The van der Waals surface area contributed by atoms with Gasteiger partial charge in [-0.2, -0.15) is 0 Å². The molecule has 0 aliphatic carbocycles. The van der Waals surface area contributed by atoms with E-state index in [9.17, 15) is 13.5 Å².